The number of amides is 1. The van der Waals surface area contributed by atoms with Gasteiger partial charge in [0.25, 0.3) is 0 Å². The molecule has 1 aromatic heterocycles. The van der Waals surface area contributed by atoms with Crippen molar-refractivity contribution in [1.29, 1.82) is 0 Å². The lowest BCUT2D eigenvalue weighted by Gasteiger charge is -2.16. The molecule has 0 aliphatic carbocycles. The third kappa shape index (κ3) is 4.87. The molecular weight excluding hydrogens is 338 g/mol. The Morgan fingerprint density at radius 1 is 1.12 bits per heavy atom. The van der Waals surface area contributed by atoms with Gasteiger partial charge in [-0.2, -0.15) is 0 Å². The Kier molecular flexibility index (Phi) is 5.74. The minimum Gasteiger partial charge on any atom is -0.354 e. The molecule has 7 heteroatoms. The van der Waals surface area contributed by atoms with Gasteiger partial charge in [0.2, 0.25) is 5.91 Å². The summed E-state index contributed by atoms with van der Waals surface area (Å²) in [6.45, 7) is 0.520. The standard InChI is InChI=1S/C18H18ClN5O/c19-16-8-4-7-15(11-16)9-10-20-18(25)17(24-13-21-22-23-24)12-14-5-2-1-3-6-14/h1-8,11,13,17H,9-10,12H2,(H,20,25)/t17-/m0/s1. The first-order valence-electron chi connectivity index (χ1n) is 8.01. The summed E-state index contributed by atoms with van der Waals surface area (Å²) in [5.74, 6) is -0.113. The fourth-order valence-corrected chi connectivity index (χ4v) is 2.81. The highest BCUT2D eigenvalue weighted by atomic mass is 35.5. The molecule has 0 saturated carbocycles. The van der Waals surface area contributed by atoms with E-state index >= 15 is 0 Å². The molecule has 3 rings (SSSR count). The molecule has 25 heavy (non-hydrogen) atoms. The number of halogens is 1. The van der Waals surface area contributed by atoms with Crippen LogP contribution in [0.25, 0.3) is 0 Å². The van der Waals surface area contributed by atoms with Crippen molar-refractivity contribution in [3.05, 3.63) is 77.1 Å². The van der Waals surface area contributed by atoms with Gasteiger partial charge in [-0.15, -0.1) is 5.10 Å². The van der Waals surface area contributed by atoms with E-state index in [1.165, 1.54) is 11.0 Å². The van der Waals surface area contributed by atoms with Crippen LogP contribution in [-0.4, -0.2) is 32.7 Å². The van der Waals surface area contributed by atoms with E-state index in [0.717, 1.165) is 11.1 Å². The zero-order chi connectivity index (χ0) is 17.5. The van der Waals surface area contributed by atoms with Crippen LogP contribution in [0.3, 0.4) is 0 Å². The maximum atomic E-state index is 12.6. The molecule has 1 heterocycles. The average Bonchev–Trinajstić information content (AvgIpc) is 3.15. The van der Waals surface area contributed by atoms with Gasteiger partial charge in [-0.25, -0.2) is 4.68 Å². The largest absolute Gasteiger partial charge is 0.354 e. The smallest absolute Gasteiger partial charge is 0.245 e. The summed E-state index contributed by atoms with van der Waals surface area (Å²) in [5.41, 5.74) is 2.13. The summed E-state index contributed by atoms with van der Waals surface area (Å²) in [7, 11) is 0. The Bertz CT molecular complexity index is 807. The van der Waals surface area contributed by atoms with Crippen LogP contribution in [0.1, 0.15) is 17.2 Å². The van der Waals surface area contributed by atoms with Gasteiger partial charge in [-0.3, -0.25) is 4.79 Å². The first-order chi connectivity index (χ1) is 12.2. The van der Waals surface area contributed by atoms with E-state index in [9.17, 15) is 4.79 Å². The number of carbonyl (C=O) groups is 1. The molecule has 3 aromatic rings. The third-order valence-corrected chi connectivity index (χ3v) is 4.10. The van der Waals surface area contributed by atoms with Crippen LogP contribution in [0.4, 0.5) is 0 Å². The molecule has 2 aromatic carbocycles. The summed E-state index contributed by atoms with van der Waals surface area (Å²) in [4.78, 5) is 12.6. The molecule has 0 aliphatic heterocycles. The molecule has 0 bridgehead atoms. The molecule has 1 amide bonds. The molecule has 0 aliphatic rings. The van der Waals surface area contributed by atoms with Crippen molar-refractivity contribution in [2.24, 2.45) is 0 Å². The Labute approximate surface area is 150 Å². The summed E-state index contributed by atoms with van der Waals surface area (Å²) in [6.07, 6.45) is 2.69. The van der Waals surface area contributed by atoms with Gasteiger partial charge in [0, 0.05) is 18.0 Å². The van der Waals surface area contributed by atoms with E-state index in [-0.39, 0.29) is 5.91 Å². The Balaban J connectivity index is 1.63. The minimum absolute atomic E-state index is 0.113. The zero-order valence-corrected chi connectivity index (χ0v) is 14.3. The van der Waals surface area contributed by atoms with Gasteiger partial charge >= 0.3 is 0 Å². The maximum Gasteiger partial charge on any atom is 0.245 e. The molecule has 0 fully saturated rings. The van der Waals surface area contributed by atoms with E-state index in [1.807, 2.05) is 54.6 Å². The van der Waals surface area contributed by atoms with E-state index in [4.69, 9.17) is 11.6 Å². The quantitative estimate of drug-likeness (QED) is 0.706. The lowest BCUT2D eigenvalue weighted by atomic mass is 10.1. The molecule has 0 radical (unpaired) electrons. The van der Waals surface area contributed by atoms with Gasteiger partial charge in [-0.1, -0.05) is 54.1 Å². The van der Waals surface area contributed by atoms with Crippen LogP contribution in [-0.2, 0) is 17.6 Å². The highest BCUT2D eigenvalue weighted by molar-refractivity contribution is 6.30. The van der Waals surface area contributed by atoms with Gasteiger partial charge in [0.1, 0.15) is 12.4 Å². The van der Waals surface area contributed by atoms with Crippen molar-refractivity contribution in [1.82, 2.24) is 25.5 Å². The Hall–Kier alpha value is -2.73. The van der Waals surface area contributed by atoms with E-state index in [2.05, 4.69) is 20.8 Å². The SMILES string of the molecule is O=C(NCCc1cccc(Cl)c1)[C@H](Cc1ccccc1)n1cnnn1. The zero-order valence-electron chi connectivity index (χ0n) is 13.5. The van der Waals surface area contributed by atoms with Gasteiger partial charge in [-0.05, 0) is 40.1 Å². The molecule has 0 spiro atoms. The monoisotopic (exact) mass is 355 g/mol. The lowest BCUT2D eigenvalue weighted by Crippen LogP contribution is -2.35. The van der Waals surface area contributed by atoms with Gasteiger partial charge < -0.3 is 5.32 Å². The van der Waals surface area contributed by atoms with Crippen molar-refractivity contribution in [2.45, 2.75) is 18.9 Å². The lowest BCUT2D eigenvalue weighted by molar-refractivity contribution is -0.124. The van der Waals surface area contributed by atoms with Crippen LogP contribution >= 0.6 is 11.6 Å². The molecule has 0 saturated heterocycles. The number of hydrogen-bond acceptors (Lipinski definition) is 4. The van der Waals surface area contributed by atoms with Crippen LogP contribution in [0, 0.1) is 0 Å². The van der Waals surface area contributed by atoms with Crippen molar-refractivity contribution < 1.29 is 4.79 Å². The number of tetrazole rings is 1. The molecule has 1 atom stereocenters. The first-order valence-corrected chi connectivity index (χ1v) is 8.39. The molecular formula is C18H18ClN5O. The topological polar surface area (TPSA) is 72.7 Å². The number of aromatic nitrogens is 4. The second-order valence-electron chi connectivity index (χ2n) is 5.67. The minimum atomic E-state index is -0.489. The average molecular weight is 356 g/mol. The number of nitrogens with one attached hydrogen (secondary N) is 1. The van der Waals surface area contributed by atoms with Crippen molar-refractivity contribution in [3.63, 3.8) is 0 Å². The number of hydrogen-bond donors (Lipinski definition) is 1. The van der Waals surface area contributed by atoms with Crippen LogP contribution in [0.2, 0.25) is 5.02 Å². The second kappa shape index (κ2) is 8.39. The van der Waals surface area contributed by atoms with Crippen molar-refractivity contribution in [2.75, 3.05) is 6.54 Å². The van der Waals surface area contributed by atoms with Crippen LogP contribution in [0.5, 0.6) is 0 Å². The summed E-state index contributed by atoms with van der Waals surface area (Å²) < 4.78 is 1.49. The third-order valence-electron chi connectivity index (χ3n) is 3.86. The fourth-order valence-electron chi connectivity index (χ4n) is 2.60. The second-order valence-corrected chi connectivity index (χ2v) is 6.10. The van der Waals surface area contributed by atoms with Crippen molar-refractivity contribution >= 4 is 17.5 Å². The summed E-state index contributed by atoms with van der Waals surface area (Å²) in [6, 6.07) is 16.9. The van der Waals surface area contributed by atoms with Crippen molar-refractivity contribution in [3.8, 4) is 0 Å². The normalized spacial score (nSPS) is 11.9. The van der Waals surface area contributed by atoms with Crippen LogP contribution in [0.15, 0.2) is 60.9 Å². The number of nitrogens with zero attached hydrogens (tertiary/aromatic N) is 4. The highest BCUT2D eigenvalue weighted by Crippen LogP contribution is 2.14. The molecule has 6 nitrogen and oxygen atoms in total. The van der Waals surface area contributed by atoms with Gasteiger partial charge in [0.15, 0.2) is 0 Å². The van der Waals surface area contributed by atoms with E-state index < -0.39 is 6.04 Å². The Morgan fingerprint density at radius 2 is 1.92 bits per heavy atom. The summed E-state index contributed by atoms with van der Waals surface area (Å²) >= 11 is 5.98. The highest BCUT2D eigenvalue weighted by Gasteiger charge is 2.21. The van der Waals surface area contributed by atoms with Crippen LogP contribution < -0.4 is 5.32 Å². The number of benzene rings is 2. The molecule has 0 unspecified atom stereocenters. The predicted octanol–water partition coefficient (Wildman–Crippen LogP) is 2.47. The first kappa shape index (κ1) is 17.1. The van der Waals surface area contributed by atoms with E-state index in [0.29, 0.717) is 24.4 Å². The molecule has 1 N–H and O–H groups in total. The molecule has 128 valence electrons. The van der Waals surface area contributed by atoms with E-state index in [1.54, 1.807) is 0 Å². The summed E-state index contributed by atoms with van der Waals surface area (Å²) in [5, 5.41) is 14.8. The predicted molar refractivity (Wildman–Crippen MR) is 95.2 cm³/mol. The Morgan fingerprint density at radius 3 is 2.64 bits per heavy atom. The number of rotatable bonds is 7. The fraction of sp³-hybridized carbons (Fsp3) is 0.222. The maximum absolute atomic E-state index is 12.6. The van der Waals surface area contributed by atoms with Gasteiger partial charge in [0.05, 0.1) is 0 Å². The number of carbonyl (C=O) groups excluding carboxylic acids is 1.